The maximum atomic E-state index is 13.3. The van der Waals surface area contributed by atoms with Gasteiger partial charge >= 0.3 is 7.60 Å². The lowest BCUT2D eigenvalue weighted by molar-refractivity contribution is 0.230. The third-order valence-corrected chi connectivity index (χ3v) is 6.48. The van der Waals surface area contributed by atoms with Gasteiger partial charge in [-0.25, -0.2) is 0 Å². The van der Waals surface area contributed by atoms with Gasteiger partial charge in [0.05, 0.1) is 24.0 Å². The summed E-state index contributed by atoms with van der Waals surface area (Å²) in [6.45, 7) is 6.33. The summed E-state index contributed by atoms with van der Waals surface area (Å²) >= 11 is 3.47. The van der Waals surface area contributed by atoms with Crippen molar-refractivity contribution in [2.24, 2.45) is 5.92 Å². The van der Waals surface area contributed by atoms with Crippen molar-refractivity contribution in [3.05, 3.63) is 34.4 Å². The number of aliphatic hydroxyl groups is 1. The molecule has 1 aromatic carbocycles. The third kappa shape index (κ3) is 5.11. The van der Waals surface area contributed by atoms with Crippen LogP contribution in [-0.2, 0) is 20.0 Å². The zero-order valence-corrected chi connectivity index (χ0v) is 17.3. The highest BCUT2D eigenvalue weighted by Crippen LogP contribution is 2.48. The van der Waals surface area contributed by atoms with Gasteiger partial charge in [-0.3, -0.25) is 9.55 Å². The first-order valence-corrected chi connectivity index (χ1v) is 10.9. The largest absolute Gasteiger partial charge is 0.396 e. The van der Waals surface area contributed by atoms with Crippen LogP contribution in [0.25, 0.3) is 10.9 Å². The van der Waals surface area contributed by atoms with Gasteiger partial charge in [0.2, 0.25) is 0 Å². The van der Waals surface area contributed by atoms with E-state index >= 15 is 0 Å². The van der Waals surface area contributed by atoms with Gasteiger partial charge in [0.25, 0.3) is 0 Å². The Morgan fingerprint density at radius 3 is 2.52 bits per heavy atom. The Hall–Kier alpha value is -0.780. The Balaban J connectivity index is 2.52. The van der Waals surface area contributed by atoms with Crippen LogP contribution in [-0.4, -0.2) is 29.9 Å². The highest BCUT2D eigenvalue weighted by molar-refractivity contribution is 9.10. The lowest BCUT2D eigenvalue weighted by atomic mass is 10.0. The molecule has 1 atom stereocenters. The van der Waals surface area contributed by atoms with Gasteiger partial charge in [-0.1, -0.05) is 28.9 Å². The summed E-state index contributed by atoms with van der Waals surface area (Å²) in [5.41, 5.74) is 1.54. The summed E-state index contributed by atoms with van der Waals surface area (Å²) in [5, 5.41) is 10.6. The van der Waals surface area contributed by atoms with Crippen molar-refractivity contribution in [3.8, 4) is 0 Å². The molecule has 0 bridgehead atoms. The van der Waals surface area contributed by atoms with E-state index in [4.69, 9.17) is 14.0 Å². The molecule has 0 aliphatic carbocycles. The van der Waals surface area contributed by atoms with Crippen molar-refractivity contribution >= 4 is 39.7 Å². The molecule has 0 saturated heterocycles. The third-order valence-electron chi connectivity index (χ3n) is 3.89. The van der Waals surface area contributed by atoms with Gasteiger partial charge in [0.15, 0.2) is 0 Å². The van der Waals surface area contributed by atoms with Gasteiger partial charge in [-0.15, -0.1) is 0 Å². The second-order valence-corrected chi connectivity index (χ2v) is 8.87. The molecule has 0 aliphatic heterocycles. The first-order valence-electron chi connectivity index (χ1n) is 8.53. The van der Waals surface area contributed by atoms with Crippen LogP contribution < -0.4 is 5.30 Å². The van der Waals surface area contributed by atoms with E-state index < -0.39 is 7.60 Å². The first-order chi connectivity index (χ1) is 11.9. The van der Waals surface area contributed by atoms with E-state index in [1.165, 1.54) is 0 Å². The van der Waals surface area contributed by atoms with Crippen LogP contribution in [0, 0.1) is 5.92 Å². The molecule has 1 N–H and O–H groups in total. The monoisotopic (exact) mass is 429 g/mol. The van der Waals surface area contributed by atoms with E-state index in [-0.39, 0.29) is 12.5 Å². The SMILES string of the molecule is CCOP(=O)(OCC)c1cc(Br)cc2ccc(CCC(C)CO)nc12. The molecule has 0 saturated carbocycles. The van der Waals surface area contributed by atoms with Crippen LogP contribution in [0.1, 0.15) is 32.9 Å². The number of rotatable bonds is 9. The topological polar surface area (TPSA) is 68.7 Å². The van der Waals surface area contributed by atoms with Crippen LogP contribution in [0.5, 0.6) is 0 Å². The number of pyridine rings is 1. The number of nitrogens with zero attached hydrogens (tertiary/aromatic N) is 1. The lowest BCUT2D eigenvalue weighted by Crippen LogP contribution is -2.14. The van der Waals surface area contributed by atoms with E-state index in [1.807, 2.05) is 25.1 Å². The molecule has 7 heteroatoms. The van der Waals surface area contributed by atoms with Crippen LogP contribution >= 0.6 is 23.5 Å². The van der Waals surface area contributed by atoms with Gasteiger partial charge in [0, 0.05) is 22.2 Å². The molecule has 0 radical (unpaired) electrons. The summed E-state index contributed by atoms with van der Waals surface area (Å²) in [6, 6.07) is 7.64. The molecule has 1 unspecified atom stereocenters. The molecule has 5 nitrogen and oxygen atoms in total. The van der Waals surface area contributed by atoms with Crippen molar-refractivity contribution in [1.29, 1.82) is 0 Å². The zero-order chi connectivity index (χ0) is 18.4. The van der Waals surface area contributed by atoms with Gasteiger partial charge < -0.3 is 14.2 Å². The number of aliphatic hydroxyl groups excluding tert-OH is 1. The molecule has 0 spiro atoms. The smallest absolute Gasteiger partial charge is 0.363 e. The number of hydrogen-bond acceptors (Lipinski definition) is 5. The van der Waals surface area contributed by atoms with Gasteiger partial charge in [-0.2, -0.15) is 0 Å². The molecule has 2 rings (SSSR count). The second kappa shape index (κ2) is 9.24. The number of benzene rings is 1. The molecule has 1 aromatic heterocycles. The van der Waals surface area contributed by atoms with E-state index in [9.17, 15) is 9.67 Å². The zero-order valence-electron chi connectivity index (χ0n) is 14.9. The normalized spacial score (nSPS) is 13.3. The number of hydrogen-bond donors (Lipinski definition) is 1. The van der Waals surface area contributed by atoms with Gasteiger partial charge in [0.1, 0.15) is 0 Å². The quantitative estimate of drug-likeness (QED) is 0.596. The van der Waals surface area contributed by atoms with Crippen LogP contribution in [0.3, 0.4) is 0 Å². The summed E-state index contributed by atoms with van der Waals surface area (Å²) in [6.07, 6.45) is 1.59. The second-order valence-electron chi connectivity index (χ2n) is 5.96. The Bertz CT molecular complexity index is 758. The standard InChI is InChI=1S/C18H25BrNO4P/c1-4-23-25(22,24-5-2)17-11-15(19)10-14-7-9-16(20-18(14)17)8-6-13(3)12-21/h7,9-11,13,21H,4-6,8,12H2,1-3H3. The molecule has 0 aliphatic rings. The van der Waals surface area contributed by atoms with Crippen molar-refractivity contribution in [2.75, 3.05) is 19.8 Å². The fourth-order valence-corrected chi connectivity index (χ4v) is 4.99. The van der Waals surface area contributed by atoms with Crippen molar-refractivity contribution in [3.63, 3.8) is 0 Å². The minimum absolute atomic E-state index is 0.162. The molecule has 0 fully saturated rings. The average molecular weight is 430 g/mol. The van der Waals surface area contributed by atoms with Crippen molar-refractivity contribution < 1.29 is 18.7 Å². The predicted octanol–water partition coefficient (Wildman–Crippen LogP) is 4.45. The Labute approximate surface area is 157 Å². The molecule has 138 valence electrons. The van der Waals surface area contributed by atoms with Crippen LogP contribution in [0.15, 0.2) is 28.7 Å². The fourth-order valence-electron chi connectivity index (χ4n) is 2.57. The van der Waals surface area contributed by atoms with Gasteiger partial charge in [-0.05, 0) is 50.8 Å². The van der Waals surface area contributed by atoms with E-state index in [0.717, 1.165) is 28.4 Å². The first kappa shape index (κ1) is 20.5. The summed E-state index contributed by atoms with van der Waals surface area (Å²) in [7, 11) is -3.44. The molecule has 0 amide bonds. The van der Waals surface area contributed by atoms with E-state index in [0.29, 0.717) is 24.0 Å². The molecule has 25 heavy (non-hydrogen) atoms. The highest BCUT2D eigenvalue weighted by atomic mass is 79.9. The van der Waals surface area contributed by atoms with Crippen molar-refractivity contribution in [1.82, 2.24) is 4.98 Å². The highest BCUT2D eigenvalue weighted by Gasteiger charge is 2.30. The van der Waals surface area contributed by atoms with E-state index in [2.05, 4.69) is 15.9 Å². The number of halogens is 1. The molecular formula is C18H25BrNO4P. The van der Waals surface area contributed by atoms with Crippen LogP contribution in [0.4, 0.5) is 0 Å². The summed E-state index contributed by atoms with van der Waals surface area (Å²) in [4.78, 5) is 4.72. The lowest BCUT2D eigenvalue weighted by Gasteiger charge is -2.19. The maximum Gasteiger partial charge on any atom is 0.363 e. The molecule has 2 aromatic rings. The maximum absolute atomic E-state index is 13.3. The van der Waals surface area contributed by atoms with E-state index in [1.54, 1.807) is 19.9 Å². The Kier molecular flexibility index (Phi) is 7.59. The molecule has 1 heterocycles. The number of aromatic nitrogens is 1. The Morgan fingerprint density at radius 1 is 1.24 bits per heavy atom. The molecular weight excluding hydrogens is 405 g/mol. The average Bonchev–Trinajstić information content (AvgIpc) is 2.59. The number of aryl methyl sites for hydroxylation is 1. The minimum Gasteiger partial charge on any atom is -0.396 e. The minimum atomic E-state index is -3.44. The summed E-state index contributed by atoms with van der Waals surface area (Å²) < 4.78 is 25.1. The summed E-state index contributed by atoms with van der Waals surface area (Å²) in [5.74, 6) is 0.222. The Morgan fingerprint density at radius 2 is 1.92 bits per heavy atom. The van der Waals surface area contributed by atoms with Crippen LogP contribution in [0.2, 0.25) is 0 Å². The number of fused-ring (bicyclic) bond motifs is 1. The predicted molar refractivity (Wildman–Crippen MR) is 105 cm³/mol. The van der Waals surface area contributed by atoms with Crippen molar-refractivity contribution in [2.45, 2.75) is 33.6 Å². The fraction of sp³-hybridized carbons (Fsp3) is 0.500.